The summed E-state index contributed by atoms with van der Waals surface area (Å²) in [5, 5.41) is 30.1. The molecular formula is C26H13N5. The number of benzene rings is 3. The fourth-order valence-corrected chi connectivity index (χ4v) is 3.97. The van der Waals surface area contributed by atoms with E-state index in [2.05, 4.69) is 21.7 Å². The largest absolute Gasteiger partial charge is 0.309 e. The highest BCUT2D eigenvalue weighted by Gasteiger charge is 2.17. The molecule has 0 aliphatic carbocycles. The molecule has 0 N–H and O–H groups in total. The van der Waals surface area contributed by atoms with Crippen LogP contribution in [0, 0.1) is 34.0 Å². The monoisotopic (exact) mass is 395 g/mol. The van der Waals surface area contributed by atoms with Crippen molar-refractivity contribution >= 4 is 21.8 Å². The molecule has 5 aromatic rings. The molecule has 31 heavy (non-hydrogen) atoms. The molecule has 0 saturated carbocycles. The predicted octanol–water partition coefficient (Wildman–Crippen LogP) is 5.46. The van der Waals surface area contributed by atoms with E-state index in [1.807, 2.05) is 72.8 Å². The highest BCUT2D eigenvalue weighted by Crippen LogP contribution is 2.36. The van der Waals surface area contributed by atoms with Crippen LogP contribution in [0.4, 0.5) is 0 Å². The number of pyridine rings is 1. The topological polar surface area (TPSA) is 89.2 Å². The van der Waals surface area contributed by atoms with E-state index in [9.17, 15) is 15.8 Å². The molecule has 2 heterocycles. The van der Waals surface area contributed by atoms with Crippen LogP contribution in [0.25, 0.3) is 38.8 Å². The van der Waals surface area contributed by atoms with Crippen molar-refractivity contribution in [3.05, 3.63) is 95.7 Å². The van der Waals surface area contributed by atoms with Crippen LogP contribution in [0.5, 0.6) is 0 Å². The minimum Gasteiger partial charge on any atom is -0.309 e. The molecule has 0 fully saturated rings. The van der Waals surface area contributed by atoms with Crippen LogP contribution < -0.4 is 0 Å². The van der Waals surface area contributed by atoms with Crippen molar-refractivity contribution in [3.63, 3.8) is 0 Å². The summed E-state index contributed by atoms with van der Waals surface area (Å²) in [7, 11) is 0. The normalized spacial score (nSPS) is 10.5. The van der Waals surface area contributed by atoms with E-state index in [1.165, 1.54) is 6.20 Å². The Morgan fingerprint density at radius 2 is 1.42 bits per heavy atom. The molecule has 142 valence electrons. The molecule has 0 saturated heterocycles. The number of para-hydroxylation sites is 2. The molecule has 5 heteroatoms. The lowest BCUT2D eigenvalue weighted by Crippen LogP contribution is -1.99. The molecule has 0 unspecified atom stereocenters. The second-order valence-electron chi connectivity index (χ2n) is 7.05. The average molecular weight is 395 g/mol. The predicted molar refractivity (Wildman–Crippen MR) is 118 cm³/mol. The first kappa shape index (κ1) is 18.1. The highest BCUT2D eigenvalue weighted by molar-refractivity contribution is 6.10. The van der Waals surface area contributed by atoms with E-state index in [1.54, 1.807) is 6.07 Å². The first-order valence-electron chi connectivity index (χ1n) is 9.58. The van der Waals surface area contributed by atoms with Gasteiger partial charge in [-0.15, -0.1) is 0 Å². The Hall–Kier alpha value is -4.92. The number of hydrogen-bond acceptors (Lipinski definition) is 4. The van der Waals surface area contributed by atoms with Crippen molar-refractivity contribution in [3.8, 4) is 35.2 Å². The summed E-state index contributed by atoms with van der Waals surface area (Å²) in [5.74, 6) is 0. The van der Waals surface area contributed by atoms with Crippen LogP contribution in [0.3, 0.4) is 0 Å². The molecule has 3 aromatic carbocycles. The van der Waals surface area contributed by atoms with E-state index in [0.29, 0.717) is 16.8 Å². The molecule has 0 atom stereocenters. The molecule has 0 amide bonds. The maximum atomic E-state index is 9.45. The van der Waals surface area contributed by atoms with Crippen LogP contribution in [-0.2, 0) is 0 Å². The van der Waals surface area contributed by atoms with E-state index in [-0.39, 0.29) is 5.56 Å². The second kappa shape index (κ2) is 7.16. The van der Waals surface area contributed by atoms with Gasteiger partial charge in [-0.1, -0.05) is 36.4 Å². The Morgan fingerprint density at radius 3 is 2.23 bits per heavy atom. The molecule has 0 radical (unpaired) electrons. The first-order valence-corrected chi connectivity index (χ1v) is 9.58. The summed E-state index contributed by atoms with van der Waals surface area (Å²) in [6, 6.07) is 29.5. The quantitative estimate of drug-likeness (QED) is 0.397. The summed E-state index contributed by atoms with van der Waals surface area (Å²) in [6.07, 6.45) is 1.44. The zero-order valence-electron chi connectivity index (χ0n) is 16.2. The second-order valence-corrected chi connectivity index (χ2v) is 7.05. The van der Waals surface area contributed by atoms with Gasteiger partial charge in [-0.2, -0.15) is 15.8 Å². The molecule has 2 aromatic heterocycles. The van der Waals surface area contributed by atoms with Gasteiger partial charge in [0, 0.05) is 22.5 Å². The SMILES string of the molecule is N#Cc1ccc2c(c1)c1ccccc1n2-c1ccccc1-c1cc(C#N)c(C#N)cn1. The van der Waals surface area contributed by atoms with E-state index in [4.69, 9.17) is 0 Å². The lowest BCUT2D eigenvalue weighted by molar-refractivity contribution is 1.17. The van der Waals surface area contributed by atoms with Crippen molar-refractivity contribution in [2.24, 2.45) is 0 Å². The molecule has 0 aliphatic heterocycles. The highest BCUT2D eigenvalue weighted by atomic mass is 15.0. The summed E-state index contributed by atoms with van der Waals surface area (Å²) >= 11 is 0. The lowest BCUT2D eigenvalue weighted by atomic mass is 10.0. The van der Waals surface area contributed by atoms with Gasteiger partial charge in [-0.25, -0.2) is 0 Å². The number of hydrogen-bond donors (Lipinski definition) is 0. The fourth-order valence-electron chi connectivity index (χ4n) is 3.97. The molecule has 5 rings (SSSR count). The van der Waals surface area contributed by atoms with Crippen molar-refractivity contribution in [2.75, 3.05) is 0 Å². The van der Waals surface area contributed by atoms with Gasteiger partial charge < -0.3 is 4.57 Å². The number of nitrogens with zero attached hydrogens (tertiary/aromatic N) is 5. The van der Waals surface area contributed by atoms with Gasteiger partial charge in [0.1, 0.15) is 12.1 Å². The van der Waals surface area contributed by atoms with Crippen molar-refractivity contribution < 1.29 is 0 Å². The third-order valence-corrected chi connectivity index (χ3v) is 5.37. The van der Waals surface area contributed by atoms with Gasteiger partial charge in [0.15, 0.2) is 0 Å². The minimum absolute atomic E-state index is 0.254. The summed E-state index contributed by atoms with van der Waals surface area (Å²) in [6.45, 7) is 0. The van der Waals surface area contributed by atoms with E-state index in [0.717, 1.165) is 33.1 Å². The fraction of sp³-hybridized carbons (Fsp3) is 0. The number of aromatic nitrogens is 2. The summed E-state index contributed by atoms with van der Waals surface area (Å²) in [5.41, 5.74) is 5.50. The Labute approximate surface area is 178 Å². The zero-order valence-corrected chi connectivity index (χ0v) is 16.2. The number of nitriles is 3. The minimum atomic E-state index is 0.254. The Kier molecular flexibility index (Phi) is 4.19. The summed E-state index contributed by atoms with van der Waals surface area (Å²) < 4.78 is 2.15. The van der Waals surface area contributed by atoms with Gasteiger partial charge >= 0.3 is 0 Å². The maximum absolute atomic E-state index is 9.45. The van der Waals surface area contributed by atoms with Crippen LogP contribution in [0.2, 0.25) is 0 Å². The van der Waals surface area contributed by atoms with Crippen LogP contribution >= 0.6 is 0 Å². The maximum Gasteiger partial charge on any atom is 0.102 e. The molecule has 5 nitrogen and oxygen atoms in total. The molecular weight excluding hydrogens is 382 g/mol. The third-order valence-electron chi connectivity index (χ3n) is 5.37. The number of fused-ring (bicyclic) bond motifs is 3. The van der Waals surface area contributed by atoms with Gasteiger partial charge in [-0.05, 0) is 36.4 Å². The van der Waals surface area contributed by atoms with Crippen molar-refractivity contribution in [1.82, 2.24) is 9.55 Å². The van der Waals surface area contributed by atoms with Gasteiger partial charge in [0.25, 0.3) is 0 Å². The Balaban J connectivity index is 1.85. The Bertz CT molecular complexity index is 1620. The van der Waals surface area contributed by atoms with Crippen LogP contribution in [0.15, 0.2) is 79.0 Å². The van der Waals surface area contributed by atoms with Gasteiger partial charge in [-0.3, -0.25) is 4.98 Å². The van der Waals surface area contributed by atoms with Gasteiger partial charge in [0.2, 0.25) is 0 Å². The lowest BCUT2D eigenvalue weighted by Gasteiger charge is -2.13. The first-order chi connectivity index (χ1) is 15.2. The van der Waals surface area contributed by atoms with Gasteiger partial charge in [0.05, 0.1) is 45.2 Å². The van der Waals surface area contributed by atoms with Crippen molar-refractivity contribution in [1.29, 1.82) is 15.8 Å². The molecule has 0 spiro atoms. The van der Waals surface area contributed by atoms with E-state index < -0.39 is 0 Å². The molecule has 0 aliphatic rings. The summed E-state index contributed by atoms with van der Waals surface area (Å²) in [4.78, 5) is 4.46. The van der Waals surface area contributed by atoms with Crippen LogP contribution in [0.1, 0.15) is 16.7 Å². The van der Waals surface area contributed by atoms with Crippen LogP contribution in [-0.4, -0.2) is 9.55 Å². The number of rotatable bonds is 2. The third kappa shape index (κ3) is 2.80. The average Bonchev–Trinajstić information content (AvgIpc) is 3.17. The smallest absolute Gasteiger partial charge is 0.102 e. The zero-order chi connectivity index (χ0) is 21.4. The standard InChI is InChI=1S/C26H13N5/c27-13-17-9-10-26-22(11-17)20-5-1-3-7-24(20)31(26)25-8-4-2-6-21(25)23-12-18(14-28)19(15-29)16-30-23/h1-12,16H. The Morgan fingerprint density at radius 1 is 0.677 bits per heavy atom. The molecule has 0 bridgehead atoms. The van der Waals surface area contributed by atoms with Crippen molar-refractivity contribution in [2.45, 2.75) is 0 Å². The van der Waals surface area contributed by atoms with E-state index >= 15 is 0 Å².